The molecule has 0 amide bonds. The third-order valence-corrected chi connectivity index (χ3v) is 2.67. The van der Waals surface area contributed by atoms with Gasteiger partial charge in [0.1, 0.15) is 5.75 Å². The molecule has 0 aliphatic heterocycles. The Morgan fingerprint density at radius 1 is 1.46 bits per heavy atom. The molecule has 0 atom stereocenters. The van der Waals surface area contributed by atoms with Crippen molar-refractivity contribution >= 4 is 21.6 Å². The first-order valence-corrected chi connectivity index (χ1v) is 5.03. The Kier molecular flexibility index (Phi) is 3.60. The topological polar surface area (TPSA) is 12.5 Å². The lowest BCUT2D eigenvalue weighted by Crippen LogP contribution is -2.15. The second-order valence-electron chi connectivity index (χ2n) is 2.83. The van der Waals surface area contributed by atoms with Gasteiger partial charge in [-0.2, -0.15) is 0 Å². The number of nitrogens with zero attached hydrogens (tertiary/aromatic N) is 1. The van der Waals surface area contributed by atoms with Crippen LogP contribution in [0.4, 0.5) is 5.69 Å². The maximum Gasteiger partial charge on any atom is 0.133 e. The van der Waals surface area contributed by atoms with E-state index < -0.39 is 0 Å². The Hall–Kier alpha value is -0.700. The van der Waals surface area contributed by atoms with Crippen LogP contribution in [-0.4, -0.2) is 20.7 Å². The van der Waals surface area contributed by atoms with E-state index in [4.69, 9.17) is 4.74 Å². The van der Waals surface area contributed by atoms with Crippen LogP contribution < -0.4 is 9.64 Å². The summed E-state index contributed by atoms with van der Waals surface area (Å²) in [5.74, 6) is 0.869. The van der Waals surface area contributed by atoms with Crippen LogP contribution in [-0.2, 0) is 0 Å². The first kappa shape index (κ1) is 10.4. The molecule has 3 heteroatoms. The zero-order chi connectivity index (χ0) is 9.84. The lowest BCUT2D eigenvalue weighted by atomic mass is 10.3. The Bertz CT molecular complexity index is 288. The summed E-state index contributed by atoms with van der Waals surface area (Å²) in [7, 11) is 3.73. The van der Waals surface area contributed by atoms with Crippen LogP contribution >= 0.6 is 15.9 Å². The molecular formula is C10H14BrNO. The average Bonchev–Trinajstić information content (AvgIpc) is 2.16. The SMILES string of the molecule is CCN(C)c1ccc(OC)c(Br)c1. The number of methoxy groups -OCH3 is 1. The highest BCUT2D eigenvalue weighted by molar-refractivity contribution is 9.10. The summed E-state index contributed by atoms with van der Waals surface area (Å²) >= 11 is 3.45. The van der Waals surface area contributed by atoms with Gasteiger partial charge in [0.25, 0.3) is 0 Å². The molecular weight excluding hydrogens is 230 g/mol. The highest BCUT2D eigenvalue weighted by Gasteiger charge is 2.03. The predicted molar refractivity (Wildman–Crippen MR) is 59.6 cm³/mol. The molecule has 0 fully saturated rings. The molecule has 0 unspecified atom stereocenters. The maximum absolute atomic E-state index is 5.15. The van der Waals surface area contributed by atoms with Crippen molar-refractivity contribution in [3.63, 3.8) is 0 Å². The molecule has 0 heterocycles. The molecule has 1 aromatic carbocycles. The van der Waals surface area contributed by atoms with Crippen LogP contribution in [0.2, 0.25) is 0 Å². The first-order valence-electron chi connectivity index (χ1n) is 4.23. The maximum atomic E-state index is 5.15. The monoisotopic (exact) mass is 243 g/mol. The van der Waals surface area contributed by atoms with Crippen molar-refractivity contribution in [2.24, 2.45) is 0 Å². The Morgan fingerprint density at radius 3 is 2.62 bits per heavy atom. The van der Waals surface area contributed by atoms with Crippen LogP contribution in [0.1, 0.15) is 6.92 Å². The number of hydrogen-bond acceptors (Lipinski definition) is 2. The molecule has 0 aliphatic carbocycles. The third kappa shape index (κ3) is 2.37. The average molecular weight is 244 g/mol. The molecule has 0 bridgehead atoms. The van der Waals surface area contributed by atoms with Crippen molar-refractivity contribution in [3.05, 3.63) is 22.7 Å². The number of benzene rings is 1. The fraction of sp³-hybridized carbons (Fsp3) is 0.400. The molecule has 72 valence electrons. The molecule has 0 aliphatic rings. The minimum Gasteiger partial charge on any atom is -0.496 e. The highest BCUT2D eigenvalue weighted by atomic mass is 79.9. The quantitative estimate of drug-likeness (QED) is 0.810. The molecule has 0 saturated heterocycles. The van der Waals surface area contributed by atoms with Crippen LogP contribution in [0.3, 0.4) is 0 Å². The zero-order valence-corrected chi connectivity index (χ0v) is 9.76. The van der Waals surface area contributed by atoms with E-state index in [1.54, 1.807) is 7.11 Å². The lowest BCUT2D eigenvalue weighted by molar-refractivity contribution is 0.412. The fourth-order valence-electron chi connectivity index (χ4n) is 1.08. The molecule has 0 aromatic heterocycles. The van der Waals surface area contributed by atoms with Gasteiger partial charge >= 0.3 is 0 Å². The van der Waals surface area contributed by atoms with Crippen molar-refractivity contribution in [3.8, 4) is 5.75 Å². The van der Waals surface area contributed by atoms with Gasteiger partial charge in [-0.25, -0.2) is 0 Å². The molecule has 0 spiro atoms. The van der Waals surface area contributed by atoms with Crippen LogP contribution in [0.5, 0.6) is 5.75 Å². The third-order valence-electron chi connectivity index (χ3n) is 2.05. The lowest BCUT2D eigenvalue weighted by Gasteiger charge is -2.17. The van der Waals surface area contributed by atoms with E-state index in [1.807, 2.05) is 12.1 Å². The minimum atomic E-state index is 0.869. The van der Waals surface area contributed by atoms with E-state index in [9.17, 15) is 0 Å². The minimum absolute atomic E-state index is 0.869. The van der Waals surface area contributed by atoms with Crippen LogP contribution in [0.15, 0.2) is 22.7 Å². The van der Waals surface area contributed by atoms with Crippen LogP contribution in [0.25, 0.3) is 0 Å². The van der Waals surface area contributed by atoms with Crippen LogP contribution in [0, 0.1) is 0 Å². The summed E-state index contributed by atoms with van der Waals surface area (Å²) in [5.41, 5.74) is 1.19. The smallest absolute Gasteiger partial charge is 0.133 e. The normalized spacial score (nSPS) is 9.85. The molecule has 1 aromatic rings. The van der Waals surface area contributed by atoms with Gasteiger partial charge in [-0.1, -0.05) is 0 Å². The van der Waals surface area contributed by atoms with Gasteiger partial charge in [0.2, 0.25) is 0 Å². The second-order valence-corrected chi connectivity index (χ2v) is 3.69. The van der Waals surface area contributed by atoms with Gasteiger partial charge in [-0.05, 0) is 41.1 Å². The summed E-state index contributed by atoms with van der Waals surface area (Å²) < 4.78 is 6.14. The fourth-order valence-corrected chi connectivity index (χ4v) is 1.60. The Morgan fingerprint density at radius 2 is 2.15 bits per heavy atom. The van der Waals surface area contributed by atoms with Gasteiger partial charge in [-0.3, -0.25) is 0 Å². The van der Waals surface area contributed by atoms with E-state index in [2.05, 4.69) is 40.9 Å². The summed E-state index contributed by atoms with van der Waals surface area (Å²) in [5, 5.41) is 0. The van der Waals surface area contributed by atoms with Crippen molar-refractivity contribution < 1.29 is 4.74 Å². The van der Waals surface area contributed by atoms with Crippen molar-refractivity contribution in [2.45, 2.75) is 6.92 Å². The summed E-state index contributed by atoms with van der Waals surface area (Å²) in [6, 6.07) is 6.07. The highest BCUT2D eigenvalue weighted by Crippen LogP contribution is 2.28. The first-order chi connectivity index (χ1) is 6.19. The predicted octanol–water partition coefficient (Wildman–Crippen LogP) is 2.91. The molecule has 1 rings (SSSR count). The number of anilines is 1. The standard InChI is InChI=1S/C10H14BrNO/c1-4-12(2)8-5-6-10(13-3)9(11)7-8/h5-7H,4H2,1-3H3. The molecule has 0 radical (unpaired) electrons. The van der Waals surface area contributed by atoms with Gasteiger partial charge in [0.15, 0.2) is 0 Å². The van der Waals surface area contributed by atoms with E-state index in [-0.39, 0.29) is 0 Å². The molecule has 0 N–H and O–H groups in total. The van der Waals surface area contributed by atoms with Gasteiger partial charge in [-0.15, -0.1) is 0 Å². The van der Waals surface area contributed by atoms with Crippen molar-refractivity contribution in [2.75, 3.05) is 25.6 Å². The zero-order valence-electron chi connectivity index (χ0n) is 8.17. The van der Waals surface area contributed by atoms with Gasteiger partial charge in [0.05, 0.1) is 11.6 Å². The van der Waals surface area contributed by atoms with Gasteiger partial charge in [0, 0.05) is 19.3 Å². The number of rotatable bonds is 3. The van der Waals surface area contributed by atoms with E-state index in [0.29, 0.717) is 0 Å². The largest absolute Gasteiger partial charge is 0.496 e. The number of halogens is 1. The summed E-state index contributed by atoms with van der Waals surface area (Å²) in [6.45, 7) is 3.12. The number of hydrogen-bond donors (Lipinski definition) is 0. The summed E-state index contributed by atoms with van der Waals surface area (Å²) in [4.78, 5) is 2.17. The van der Waals surface area contributed by atoms with Crippen molar-refractivity contribution in [1.29, 1.82) is 0 Å². The summed E-state index contributed by atoms with van der Waals surface area (Å²) in [6.07, 6.45) is 0. The number of ether oxygens (including phenoxy) is 1. The van der Waals surface area contributed by atoms with Crippen molar-refractivity contribution in [1.82, 2.24) is 0 Å². The Labute approximate surface area is 87.6 Å². The molecule has 2 nitrogen and oxygen atoms in total. The van der Waals surface area contributed by atoms with E-state index >= 15 is 0 Å². The Balaban J connectivity index is 2.95. The second kappa shape index (κ2) is 4.51. The van der Waals surface area contributed by atoms with Gasteiger partial charge < -0.3 is 9.64 Å². The molecule has 0 saturated carbocycles. The van der Waals surface area contributed by atoms with E-state index in [1.165, 1.54) is 5.69 Å². The van der Waals surface area contributed by atoms with E-state index in [0.717, 1.165) is 16.8 Å². The molecule has 13 heavy (non-hydrogen) atoms.